The van der Waals surface area contributed by atoms with Crippen LogP contribution in [0.1, 0.15) is 33.1 Å². The highest BCUT2D eigenvalue weighted by Crippen LogP contribution is 2.33. The number of aliphatic hydroxyl groups excluding tert-OH is 1. The van der Waals surface area contributed by atoms with Crippen molar-refractivity contribution in [2.45, 2.75) is 39.2 Å². The van der Waals surface area contributed by atoms with E-state index in [9.17, 15) is 5.11 Å². The SMILES string of the molecule is CC1CC(C)N(CC2(CO)CCCOC2)C1. The van der Waals surface area contributed by atoms with E-state index in [-0.39, 0.29) is 12.0 Å². The van der Waals surface area contributed by atoms with Gasteiger partial charge in [0.15, 0.2) is 0 Å². The third kappa shape index (κ3) is 2.58. The second-order valence-corrected chi connectivity index (χ2v) is 5.93. The molecule has 0 amide bonds. The van der Waals surface area contributed by atoms with Crippen molar-refractivity contribution in [3.05, 3.63) is 0 Å². The molecule has 2 aliphatic heterocycles. The van der Waals surface area contributed by atoms with Crippen LogP contribution in [0.4, 0.5) is 0 Å². The molecular formula is C13H25NO2. The van der Waals surface area contributed by atoms with Gasteiger partial charge in [-0.3, -0.25) is 4.90 Å². The highest BCUT2D eigenvalue weighted by Gasteiger charge is 2.37. The van der Waals surface area contributed by atoms with Crippen LogP contribution in [0, 0.1) is 11.3 Å². The maximum atomic E-state index is 9.65. The fourth-order valence-electron chi connectivity index (χ4n) is 3.25. The summed E-state index contributed by atoms with van der Waals surface area (Å²) >= 11 is 0. The van der Waals surface area contributed by atoms with E-state index in [2.05, 4.69) is 18.7 Å². The Morgan fingerprint density at radius 2 is 2.25 bits per heavy atom. The minimum absolute atomic E-state index is 0.0105. The largest absolute Gasteiger partial charge is 0.396 e. The number of hydrogen-bond donors (Lipinski definition) is 1. The van der Waals surface area contributed by atoms with Crippen LogP contribution in [-0.2, 0) is 4.74 Å². The van der Waals surface area contributed by atoms with Gasteiger partial charge in [-0.05, 0) is 32.1 Å². The van der Waals surface area contributed by atoms with E-state index < -0.39 is 0 Å². The van der Waals surface area contributed by atoms with Gasteiger partial charge < -0.3 is 9.84 Å². The van der Waals surface area contributed by atoms with Crippen LogP contribution in [-0.4, -0.2) is 49.0 Å². The third-order valence-electron chi connectivity index (χ3n) is 4.19. The molecule has 94 valence electrons. The highest BCUT2D eigenvalue weighted by atomic mass is 16.5. The lowest BCUT2D eigenvalue weighted by molar-refractivity contribution is -0.0564. The third-order valence-corrected chi connectivity index (χ3v) is 4.19. The molecule has 0 radical (unpaired) electrons. The second kappa shape index (κ2) is 5.03. The Bertz CT molecular complexity index is 226. The summed E-state index contributed by atoms with van der Waals surface area (Å²) in [7, 11) is 0. The molecule has 2 heterocycles. The van der Waals surface area contributed by atoms with Crippen molar-refractivity contribution in [2.24, 2.45) is 11.3 Å². The summed E-state index contributed by atoms with van der Waals surface area (Å²) in [6.45, 7) is 8.69. The number of ether oxygens (including phenoxy) is 1. The van der Waals surface area contributed by atoms with Crippen LogP contribution in [0.15, 0.2) is 0 Å². The lowest BCUT2D eigenvalue weighted by atomic mass is 9.82. The molecule has 2 aliphatic rings. The monoisotopic (exact) mass is 227 g/mol. The zero-order chi connectivity index (χ0) is 11.6. The number of aliphatic hydroxyl groups is 1. The molecule has 3 atom stereocenters. The summed E-state index contributed by atoms with van der Waals surface area (Å²) in [6.07, 6.45) is 3.50. The van der Waals surface area contributed by atoms with Gasteiger partial charge in [-0.1, -0.05) is 6.92 Å². The molecule has 2 rings (SSSR count). The molecule has 0 aromatic heterocycles. The lowest BCUT2D eigenvalue weighted by Crippen LogP contribution is -2.46. The fraction of sp³-hybridized carbons (Fsp3) is 1.00. The number of rotatable bonds is 3. The predicted molar refractivity (Wildman–Crippen MR) is 64.4 cm³/mol. The van der Waals surface area contributed by atoms with Gasteiger partial charge in [0, 0.05) is 31.2 Å². The van der Waals surface area contributed by atoms with E-state index in [4.69, 9.17) is 4.74 Å². The summed E-state index contributed by atoms with van der Waals surface area (Å²) in [4.78, 5) is 2.54. The molecule has 0 bridgehead atoms. The molecule has 3 heteroatoms. The van der Waals surface area contributed by atoms with Crippen molar-refractivity contribution in [1.29, 1.82) is 0 Å². The van der Waals surface area contributed by atoms with Crippen LogP contribution in [0.3, 0.4) is 0 Å². The molecule has 3 nitrogen and oxygen atoms in total. The molecule has 3 unspecified atom stereocenters. The van der Waals surface area contributed by atoms with Crippen molar-refractivity contribution in [2.75, 3.05) is 32.9 Å². The topological polar surface area (TPSA) is 32.7 Å². The van der Waals surface area contributed by atoms with Crippen LogP contribution < -0.4 is 0 Å². The van der Waals surface area contributed by atoms with Gasteiger partial charge in [0.2, 0.25) is 0 Å². The molecule has 0 aromatic carbocycles. The van der Waals surface area contributed by atoms with Crippen molar-refractivity contribution >= 4 is 0 Å². The summed E-state index contributed by atoms with van der Waals surface area (Å²) in [5.41, 5.74) is 0.0105. The van der Waals surface area contributed by atoms with Crippen LogP contribution in [0.2, 0.25) is 0 Å². The second-order valence-electron chi connectivity index (χ2n) is 5.93. The van der Waals surface area contributed by atoms with E-state index in [0.717, 1.165) is 38.5 Å². The highest BCUT2D eigenvalue weighted by molar-refractivity contribution is 4.89. The maximum Gasteiger partial charge on any atom is 0.0556 e. The molecule has 2 fully saturated rings. The van der Waals surface area contributed by atoms with E-state index in [1.54, 1.807) is 0 Å². The molecule has 16 heavy (non-hydrogen) atoms. The zero-order valence-corrected chi connectivity index (χ0v) is 10.6. The smallest absolute Gasteiger partial charge is 0.0556 e. The Kier molecular flexibility index (Phi) is 3.88. The Balaban J connectivity index is 1.95. The summed E-state index contributed by atoms with van der Waals surface area (Å²) in [5, 5.41) is 9.65. The van der Waals surface area contributed by atoms with Crippen LogP contribution >= 0.6 is 0 Å². The zero-order valence-electron chi connectivity index (χ0n) is 10.6. The van der Waals surface area contributed by atoms with Crippen LogP contribution in [0.5, 0.6) is 0 Å². The van der Waals surface area contributed by atoms with Gasteiger partial charge in [0.05, 0.1) is 13.2 Å². The molecule has 0 aliphatic carbocycles. The van der Waals surface area contributed by atoms with E-state index >= 15 is 0 Å². The van der Waals surface area contributed by atoms with Gasteiger partial charge >= 0.3 is 0 Å². The summed E-state index contributed by atoms with van der Waals surface area (Å²) < 4.78 is 5.56. The first kappa shape index (κ1) is 12.3. The van der Waals surface area contributed by atoms with Gasteiger partial charge in [0.25, 0.3) is 0 Å². The first-order chi connectivity index (χ1) is 7.65. The van der Waals surface area contributed by atoms with Gasteiger partial charge in [0.1, 0.15) is 0 Å². The minimum atomic E-state index is 0.0105. The van der Waals surface area contributed by atoms with Gasteiger partial charge in [-0.2, -0.15) is 0 Å². The Labute approximate surface area is 98.8 Å². The first-order valence-electron chi connectivity index (χ1n) is 6.58. The number of hydrogen-bond acceptors (Lipinski definition) is 3. The van der Waals surface area contributed by atoms with Crippen LogP contribution in [0.25, 0.3) is 0 Å². The van der Waals surface area contributed by atoms with Crippen molar-refractivity contribution in [3.63, 3.8) is 0 Å². The van der Waals surface area contributed by atoms with Crippen molar-refractivity contribution < 1.29 is 9.84 Å². The van der Waals surface area contributed by atoms with E-state index in [1.807, 2.05) is 0 Å². The quantitative estimate of drug-likeness (QED) is 0.793. The number of likely N-dealkylation sites (tertiary alicyclic amines) is 1. The Morgan fingerprint density at radius 3 is 2.75 bits per heavy atom. The maximum absolute atomic E-state index is 9.65. The molecule has 2 saturated heterocycles. The standard InChI is InChI=1S/C13H25NO2/c1-11-6-12(2)14(7-11)8-13(9-15)4-3-5-16-10-13/h11-12,15H,3-10H2,1-2H3. The Hall–Kier alpha value is -0.120. The summed E-state index contributed by atoms with van der Waals surface area (Å²) in [6, 6.07) is 0.667. The average Bonchev–Trinajstić information content (AvgIpc) is 2.59. The van der Waals surface area contributed by atoms with E-state index in [0.29, 0.717) is 6.04 Å². The van der Waals surface area contributed by atoms with E-state index in [1.165, 1.54) is 13.0 Å². The first-order valence-corrected chi connectivity index (χ1v) is 6.58. The normalized spacial score (nSPS) is 41.4. The fourth-order valence-corrected chi connectivity index (χ4v) is 3.25. The molecule has 1 N–H and O–H groups in total. The van der Waals surface area contributed by atoms with Crippen molar-refractivity contribution in [1.82, 2.24) is 4.90 Å². The molecule has 0 aromatic rings. The van der Waals surface area contributed by atoms with Gasteiger partial charge in [-0.15, -0.1) is 0 Å². The molecular weight excluding hydrogens is 202 g/mol. The van der Waals surface area contributed by atoms with Gasteiger partial charge in [-0.25, -0.2) is 0 Å². The lowest BCUT2D eigenvalue weighted by Gasteiger charge is -2.39. The molecule has 0 spiro atoms. The minimum Gasteiger partial charge on any atom is -0.396 e. The van der Waals surface area contributed by atoms with Crippen molar-refractivity contribution in [3.8, 4) is 0 Å². The Morgan fingerprint density at radius 1 is 1.44 bits per heavy atom. The summed E-state index contributed by atoms with van der Waals surface area (Å²) in [5.74, 6) is 0.801. The molecule has 0 saturated carbocycles. The predicted octanol–water partition coefficient (Wildman–Crippen LogP) is 1.51. The average molecular weight is 227 g/mol. The number of nitrogens with zero attached hydrogens (tertiary/aromatic N) is 1.